The van der Waals surface area contributed by atoms with Crippen molar-refractivity contribution in [2.75, 3.05) is 0 Å². The molecule has 1 unspecified atom stereocenters. The van der Waals surface area contributed by atoms with E-state index in [0.717, 1.165) is 37.7 Å². The van der Waals surface area contributed by atoms with E-state index in [2.05, 4.69) is 18.7 Å². The van der Waals surface area contributed by atoms with Crippen molar-refractivity contribution in [2.45, 2.75) is 71.1 Å². The lowest BCUT2D eigenvalue weighted by Gasteiger charge is -2.34. The van der Waals surface area contributed by atoms with Crippen molar-refractivity contribution in [1.82, 2.24) is 0 Å². The summed E-state index contributed by atoms with van der Waals surface area (Å²) in [6, 6.07) is 13.0. The van der Waals surface area contributed by atoms with Crippen molar-refractivity contribution in [3.63, 3.8) is 0 Å². The SMILES string of the molecule is C=CC1CCC(C2CC=C(c3ccc(-c4ccc(-c5ccc(CCCC)c(F)c5F)cc4)c(F)c3F)CC2)CC1. The minimum atomic E-state index is -0.881. The first-order valence-electron chi connectivity index (χ1n) is 14.8. The smallest absolute Gasteiger partial charge is 0.167 e. The molecule has 0 amide bonds. The first-order chi connectivity index (χ1) is 19.4. The first-order valence-corrected chi connectivity index (χ1v) is 14.8. The van der Waals surface area contributed by atoms with E-state index in [1.807, 2.05) is 6.92 Å². The predicted octanol–water partition coefficient (Wildman–Crippen LogP) is 11.1. The summed E-state index contributed by atoms with van der Waals surface area (Å²) in [7, 11) is 0. The van der Waals surface area contributed by atoms with Gasteiger partial charge in [0.15, 0.2) is 23.3 Å². The highest BCUT2D eigenvalue weighted by atomic mass is 19.2. The topological polar surface area (TPSA) is 0 Å². The molecule has 210 valence electrons. The highest BCUT2D eigenvalue weighted by Gasteiger charge is 2.29. The fourth-order valence-electron chi connectivity index (χ4n) is 6.60. The van der Waals surface area contributed by atoms with Gasteiger partial charge < -0.3 is 0 Å². The molecule has 0 radical (unpaired) electrons. The number of benzene rings is 3. The highest BCUT2D eigenvalue weighted by Crippen LogP contribution is 2.42. The van der Waals surface area contributed by atoms with Crippen molar-refractivity contribution < 1.29 is 17.6 Å². The first kappa shape index (κ1) is 28.4. The van der Waals surface area contributed by atoms with Crippen molar-refractivity contribution in [3.8, 4) is 22.3 Å². The maximum atomic E-state index is 15.3. The van der Waals surface area contributed by atoms with E-state index in [-0.39, 0.29) is 11.1 Å². The third-order valence-electron chi connectivity index (χ3n) is 9.17. The van der Waals surface area contributed by atoms with E-state index < -0.39 is 23.3 Å². The summed E-state index contributed by atoms with van der Waals surface area (Å²) in [4.78, 5) is 0. The second-order valence-corrected chi connectivity index (χ2v) is 11.5. The van der Waals surface area contributed by atoms with Crippen molar-refractivity contribution >= 4 is 5.57 Å². The van der Waals surface area contributed by atoms with Gasteiger partial charge in [-0.15, -0.1) is 6.58 Å². The van der Waals surface area contributed by atoms with Crippen LogP contribution in [-0.2, 0) is 6.42 Å². The summed E-state index contributed by atoms with van der Waals surface area (Å²) in [5.41, 5.74) is 2.88. The molecule has 0 spiro atoms. The zero-order chi connectivity index (χ0) is 28.2. The van der Waals surface area contributed by atoms with Gasteiger partial charge >= 0.3 is 0 Å². The van der Waals surface area contributed by atoms with Crippen molar-refractivity contribution in [3.05, 3.63) is 102 Å². The molecule has 0 nitrogen and oxygen atoms in total. The Morgan fingerprint density at radius 3 is 1.85 bits per heavy atom. The fraction of sp³-hybridized carbons (Fsp3) is 0.389. The largest absolute Gasteiger partial charge is 0.203 e. The molecule has 1 fully saturated rings. The van der Waals surface area contributed by atoms with Crippen LogP contribution in [0, 0.1) is 41.0 Å². The van der Waals surface area contributed by atoms with Gasteiger partial charge in [-0.1, -0.05) is 74.0 Å². The van der Waals surface area contributed by atoms with Gasteiger partial charge in [-0.25, -0.2) is 17.6 Å². The molecule has 3 aromatic carbocycles. The lowest BCUT2D eigenvalue weighted by atomic mass is 9.71. The maximum Gasteiger partial charge on any atom is 0.167 e. The number of halogens is 4. The average molecular weight is 547 g/mol. The van der Waals surface area contributed by atoms with E-state index in [4.69, 9.17) is 0 Å². The highest BCUT2D eigenvalue weighted by molar-refractivity contribution is 5.74. The Morgan fingerprint density at radius 2 is 1.27 bits per heavy atom. The van der Waals surface area contributed by atoms with E-state index in [9.17, 15) is 8.78 Å². The molecular formula is C36H38F4. The number of aryl methyl sites for hydroxylation is 1. The van der Waals surface area contributed by atoms with Crippen molar-refractivity contribution in [1.29, 1.82) is 0 Å². The molecule has 0 N–H and O–H groups in total. The fourth-order valence-corrected chi connectivity index (χ4v) is 6.60. The summed E-state index contributed by atoms with van der Waals surface area (Å²) in [6.45, 7) is 5.94. The summed E-state index contributed by atoms with van der Waals surface area (Å²) < 4.78 is 60.0. The van der Waals surface area contributed by atoms with Crippen LogP contribution in [0.5, 0.6) is 0 Å². The summed E-state index contributed by atoms with van der Waals surface area (Å²) in [5.74, 6) is -1.43. The van der Waals surface area contributed by atoms with Crippen LogP contribution in [0.1, 0.15) is 75.8 Å². The van der Waals surface area contributed by atoms with Gasteiger partial charge in [-0.05, 0) is 97.8 Å². The number of rotatable bonds is 8. The molecule has 5 rings (SSSR count). The molecule has 0 heterocycles. The van der Waals surface area contributed by atoms with Gasteiger partial charge in [0, 0.05) is 16.7 Å². The molecular weight excluding hydrogens is 508 g/mol. The second kappa shape index (κ2) is 12.6. The van der Waals surface area contributed by atoms with Gasteiger partial charge in [0.1, 0.15) is 0 Å². The van der Waals surface area contributed by atoms with Crippen LogP contribution in [0.15, 0.2) is 67.3 Å². The van der Waals surface area contributed by atoms with Gasteiger partial charge in [0.05, 0.1) is 0 Å². The van der Waals surface area contributed by atoms with Crippen LogP contribution < -0.4 is 0 Å². The molecule has 1 atom stereocenters. The molecule has 2 aliphatic carbocycles. The van der Waals surface area contributed by atoms with E-state index >= 15 is 8.78 Å². The van der Waals surface area contributed by atoms with E-state index in [1.165, 1.54) is 25.7 Å². The van der Waals surface area contributed by atoms with E-state index in [1.54, 1.807) is 48.5 Å². The molecule has 40 heavy (non-hydrogen) atoms. The van der Waals surface area contributed by atoms with Crippen LogP contribution >= 0.6 is 0 Å². The Morgan fingerprint density at radius 1 is 0.700 bits per heavy atom. The summed E-state index contributed by atoms with van der Waals surface area (Å²) in [6.07, 6.45) is 13.9. The second-order valence-electron chi connectivity index (χ2n) is 11.5. The lowest BCUT2D eigenvalue weighted by Crippen LogP contribution is -2.22. The Bertz CT molecular complexity index is 1380. The molecule has 2 aliphatic rings. The third-order valence-corrected chi connectivity index (χ3v) is 9.17. The third kappa shape index (κ3) is 5.82. The molecule has 0 bridgehead atoms. The number of unbranched alkanes of at least 4 members (excludes halogenated alkanes) is 1. The van der Waals surface area contributed by atoms with Crippen LogP contribution in [0.4, 0.5) is 17.6 Å². The predicted molar refractivity (Wildman–Crippen MR) is 157 cm³/mol. The van der Waals surface area contributed by atoms with Gasteiger partial charge in [-0.3, -0.25) is 0 Å². The quantitative estimate of drug-likeness (QED) is 0.195. The van der Waals surface area contributed by atoms with Gasteiger partial charge in [0.2, 0.25) is 0 Å². The summed E-state index contributed by atoms with van der Waals surface area (Å²) >= 11 is 0. The maximum absolute atomic E-state index is 15.3. The molecule has 4 heteroatoms. The zero-order valence-electron chi connectivity index (χ0n) is 23.3. The Labute approximate surface area is 235 Å². The van der Waals surface area contributed by atoms with Crippen molar-refractivity contribution in [2.24, 2.45) is 17.8 Å². The molecule has 0 aromatic heterocycles. The minimum absolute atomic E-state index is 0.155. The summed E-state index contributed by atoms with van der Waals surface area (Å²) in [5, 5.41) is 0. The molecule has 0 saturated heterocycles. The zero-order valence-corrected chi connectivity index (χ0v) is 23.3. The molecule has 1 saturated carbocycles. The Kier molecular flexibility index (Phi) is 8.93. The van der Waals surface area contributed by atoms with Crippen LogP contribution in [0.25, 0.3) is 27.8 Å². The molecule has 0 aliphatic heterocycles. The van der Waals surface area contributed by atoms with Crippen LogP contribution in [0.3, 0.4) is 0 Å². The normalized spacial score (nSPS) is 21.2. The molecule has 3 aromatic rings. The van der Waals surface area contributed by atoms with E-state index in [0.29, 0.717) is 46.4 Å². The minimum Gasteiger partial charge on any atom is -0.203 e. The number of hydrogen-bond acceptors (Lipinski definition) is 0. The standard InChI is InChI=1S/C36H38F4/c1-3-5-6-29-19-20-30(34(38)33(29)37)27-15-17-28(18-16-27)32-22-21-31(35(39)36(32)40)26-13-11-25(12-14-26)24-9-7-23(4-2)8-10-24/h4,13,15-25H,2-3,5-12,14H2,1H3. The van der Waals surface area contributed by atoms with Crippen LogP contribution in [-0.4, -0.2) is 0 Å². The average Bonchev–Trinajstić information content (AvgIpc) is 3.00. The Balaban J connectivity index is 1.31. The number of hydrogen-bond donors (Lipinski definition) is 0. The lowest BCUT2D eigenvalue weighted by molar-refractivity contribution is 0.212. The monoisotopic (exact) mass is 546 g/mol. The van der Waals surface area contributed by atoms with Crippen LogP contribution in [0.2, 0.25) is 0 Å². The van der Waals surface area contributed by atoms with Gasteiger partial charge in [-0.2, -0.15) is 0 Å². The van der Waals surface area contributed by atoms with Gasteiger partial charge in [0.25, 0.3) is 0 Å². The Hall–Kier alpha value is -3.14. The number of allylic oxidation sites excluding steroid dienone is 3.